The summed E-state index contributed by atoms with van der Waals surface area (Å²) in [4.78, 5) is 1.99. The van der Waals surface area contributed by atoms with Crippen molar-refractivity contribution in [1.82, 2.24) is 0 Å². The molecule has 14 heavy (non-hydrogen) atoms. The second kappa shape index (κ2) is 3.48. The Morgan fingerprint density at radius 3 is 2.64 bits per heavy atom. The van der Waals surface area contributed by atoms with E-state index in [1.165, 1.54) is 18.9 Å². The molecule has 1 N–H and O–H groups in total. The van der Waals surface area contributed by atoms with Gasteiger partial charge in [-0.25, -0.2) is 4.39 Å². The highest BCUT2D eigenvalue weighted by atomic mass is 19.1. The van der Waals surface area contributed by atoms with Crippen LogP contribution in [0.4, 0.5) is 15.8 Å². The van der Waals surface area contributed by atoms with E-state index in [2.05, 4.69) is 5.32 Å². The van der Waals surface area contributed by atoms with Crippen LogP contribution in [0.15, 0.2) is 18.2 Å². The number of rotatable bonds is 3. The third-order valence-corrected chi connectivity index (χ3v) is 2.38. The maximum absolute atomic E-state index is 13.0. The van der Waals surface area contributed by atoms with Crippen molar-refractivity contribution >= 4 is 11.4 Å². The van der Waals surface area contributed by atoms with Crippen LogP contribution in [0.5, 0.6) is 0 Å². The SMILES string of the molecule is CN(C)c1ccc(F)cc1NC1CC1. The van der Waals surface area contributed by atoms with Crippen LogP contribution in [0, 0.1) is 5.82 Å². The lowest BCUT2D eigenvalue weighted by Crippen LogP contribution is -2.13. The first-order valence-corrected chi connectivity index (χ1v) is 4.90. The lowest BCUT2D eigenvalue weighted by molar-refractivity contribution is 0.628. The summed E-state index contributed by atoms with van der Waals surface area (Å²) < 4.78 is 13.0. The van der Waals surface area contributed by atoms with Crippen LogP contribution in [0.3, 0.4) is 0 Å². The van der Waals surface area contributed by atoms with Gasteiger partial charge in [0.1, 0.15) is 5.82 Å². The minimum absolute atomic E-state index is 0.182. The quantitative estimate of drug-likeness (QED) is 0.795. The Balaban J connectivity index is 2.27. The minimum Gasteiger partial charge on any atom is -0.381 e. The fraction of sp³-hybridized carbons (Fsp3) is 0.455. The summed E-state index contributed by atoms with van der Waals surface area (Å²) >= 11 is 0. The molecule has 0 spiro atoms. The van der Waals surface area contributed by atoms with E-state index in [9.17, 15) is 4.39 Å². The highest BCUT2D eigenvalue weighted by Crippen LogP contribution is 2.31. The van der Waals surface area contributed by atoms with Crippen LogP contribution < -0.4 is 10.2 Å². The molecular weight excluding hydrogens is 179 g/mol. The standard InChI is InChI=1S/C11H15FN2/c1-14(2)11-6-3-8(12)7-10(11)13-9-4-5-9/h3,6-7,9,13H,4-5H2,1-2H3. The molecule has 2 nitrogen and oxygen atoms in total. The van der Waals surface area contributed by atoms with Gasteiger partial charge in [-0.15, -0.1) is 0 Å². The maximum atomic E-state index is 13.0. The molecule has 3 heteroatoms. The number of halogens is 1. The van der Waals surface area contributed by atoms with E-state index in [-0.39, 0.29) is 5.82 Å². The van der Waals surface area contributed by atoms with Gasteiger partial charge in [0.05, 0.1) is 11.4 Å². The summed E-state index contributed by atoms with van der Waals surface area (Å²) in [5.41, 5.74) is 1.94. The van der Waals surface area contributed by atoms with E-state index >= 15 is 0 Å². The molecule has 0 saturated heterocycles. The number of anilines is 2. The van der Waals surface area contributed by atoms with Gasteiger partial charge in [-0.3, -0.25) is 0 Å². The molecule has 0 heterocycles. The molecule has 0 atom stereocenters. The number of hydrogen-bond donors (Lipinski definition) is 1. The summed E-state index contributed by atoms with van der Waals surface area (Å²) in [7, 11) is 3.93. The molecule has 0 aromatic heterocycles. The molecule has 1 aliphatic carbocycles. The topological polar surface area (TPSA) is 15.3 Å². The predicted molar refractivity (Wildman–Crippen MR) is 57.4 cm³/mol. The van der Waals surface area contributed by atoms with Crippen LogP contribution >= 0.6 is 0 Å². The summed E-state index contributed by atoms with van der Waals surface area (Å²) in [6.45, 7) is 0. The molecular formula is C11H15FN2. The molecule has 0 bridgehead atoms. The molecule has 1 aromatic rings. The molecule has 0 aliphatic heterocycles. The minimum atomic E-state index is -0.182. The molecule has 0 unspecified atom stereocenters. The van der Waals surface area contributed by atoms with E-state index in [0.29, 0.717) is 6.04 Å². The largest absolute Gasteiger partial charge is 0.381 e. The van der Waals surface area contributed by atoms with Crippen molar-refractivity contribution in [3.05, 3.63) is 24.0 Å². The van der Waals surface area contributed by atoms with Crippen molar-refractivity contribution in [2.75, 3.05) is 24.3 Å². The smallest absolute Gasteiger partial charge is 0.125 e. The summed E-state index contributed by atoms with van der Waals surface area (Å²) in [5, 5.41) is 3.32. The fourth-order valence-electron chi connectivity index (χ4n) is 1.46. The van der Waals surface area contributed by atoms with E-state index in [1.807, 2.05) is 19.0 Å². The Morgan fingerprint density at radius 2 is 2.07 bits per heavy atom. The van der Waals surface area contributed by atoms with Crippen LogP contribution in [-0.2, 0) is 0 Å². The monoisotopic (exact) mass is 194 g/mol. The highest BCUT2D eigenvalue weighted by Gasteiger charge is 2.22. The average Bonchev–Trinajstić information content (AvgIpc) is 2.87. The Labute approximate surface area is 83.7 Å². The van der Waals surface area contributed by atoms with Gasteiger partial charge in [0.2, 0.25) is 0 Å². The highest BCUT2D eigenvalue weighted by molar-refractivity contribution is 5.70. The number of nitrogens with one attached hydrogen (secondary N) is 1. The fourth-order valence-corrected chi connectivity index (χ4v) is 1.46. The predicted octanol–water partition coefficient (Wildman–Crippen LogP) is 2.47. The lowest BCUT2D eigenvalue weighted by Gasteiger charge is -2.18. The van der Waals surface area contributed by atoms with Crippen molar-refractivity contribution in [1.29, 1.82) is 0 Å². The van der Waals surface area contributed by atoms with E-state index in [4.69, 9.17) is 0 Å². The van der Waals surface area contributed by atoms with Crippen molar-refractivity contribution in [2.45, 2.75) is 18.9 Å². The summed E-state index contributed by atoms with van der Waals surface area (Å²) in [5.74, 6) is -0.182. The molecule has 1 aromatic carbocycles. The Bertz CT molecular complexity index is 332. The van der Waals surface area contributed by atoms with Crippen LogP contribution in [0.1, 0.15) is 12.8 Å². The first-order chi connectivity index (χ1) is 6.66. The van der Waals surface area contributed by atoms with Crippen LogP contribution in [-0.4, -0.2) is 20.1 Å². The first-order valence-electron chi connectivity index (χ1n) is 4.90. The molecule has 0 amide bonds. The van der Waals surface area contributed by atoms with Crippen molar-refractivity contribution in [3.8, 4) is 0 Å². The van der Waals surface area contributed by atoms with Crippen molar-refractivity contribution in [2.24, 2.45) is 0 Å². The zero-order valence-electron chi connectivity index (χ0n) is 8.55. The van der Waals surface area contributed by atoms with Gasteiger partial charge in [0.15, 0.2) is 0 Å². The maximum Gasteiger partial charge on any atom is 0.125 e. The molecule has 2 rings (SSSR count). The van der Waals surface area contributed by atoms with Crippen molar-refractivity contribution < 1.29 is 4.39 Å². The molecule has 0 radical (unpaired) electrons. The van der Waals surface area contributed by atoms with Crippen molar-refractivity contribution in [3.63, 3.8) is 0 Å². The average molecular weight is 194 g/mol. The number of nitrogens with zero attached hydrogens (tertiary/aromatic N) is 1. The number of hydrogen-bond acceptors (Lipinski definition) is 2. The normalized spacial score (nSPS) is 15.4. The zero-order chi connectivity index (χ0) is 10.1. The second-order valence-corrected chi connectivity index (χ2v) is 3.97. The van der Waals surface area contributed by atoms with Gasteiger partial charge in [0.25, 0.3) is 0 Å². The van der Waals surface area contributed by atoms with Gasteiger partial charge in [-0.05, 0) is 31.0 Å². The zero-order valence-corrected chi connectivity index (χ0v) is 8.55. The number of benzene rings is 1. The van der Waals surface area contributed by atoms with E-state index in [1.54, 1.807) is 12.1 Å². The summed E-state index contributed by atoms with van der Waals surface area (Å²) in [6, 6.07) is 5.41. The Morgan fingerprint density at radius 1 is 1.36 bits per heavy atom. The summed E-state index contributed by atoms with van der Waals surface area (Å²) in [6.07, 6.45) is 2.40. The molecule has 1 saturated carbocycles. The lowest BCUT2D eigenvalue weighted by atomic mass is 10.2. The third-order valence-electron chi connectivity index (χ3n) is 2.38. The van der Waals surface area contributed by atoms with Gasteiger partial charge in [0, 0.05) is 20.1 Å². The Hall–Kier alpha value is -1.25. The molecule has 1 fully saturated rings. The van der Waals surface area contributed by atoms with Crippen LogP contribution in [0.25, 0.3) is 0 Å². The third kappa shape index (κ3) is 1.97. The Kier molecular flexibility index (Phi) is 2.32. The van der Waals surface area contributed by atoms with E-state index in [0.717, 1.165) is 11.4 Å². The van der Waals surface area contributed by atoms with Gasteiger partial charge >= 0.3 is 0 Å². The molecule has 76 valence electrons. The molecule has 1 aliphatic rings. The van der Waals surface area contributed by atoms with E-state index < -0.39 is 0 Å². The van der Waals surface area contributed by atoms with Gasteiger partial charge in [-0.1, -0.05) is 0 Å². The van der Waals surface area contributed by atoms with Gasteiger partial charge < -0.3 is 10.2 Å². The first kappa shape index (κ1) is 9.31. The van der Waals surface area contributed by atoms with Gasteiger partial charge in [-0.2, -0.15) is 0 Å². The van der Waals surface area contributed by atoms with Crippen LogP contribution in [0.2, 0.25) is 0 Å². The second-order valence-electron chi connectivity index (χ2n) is 3.97.